The van der Waals surface area contributed by atoms with Crippen LogP contribution in [-0.2, 0) is 4.74 Å². The van der Waals surface area contributed by atoms with E-state index >= 15 is 0 Å². The lowest BCUT2D eigenvalue weighted by atomic mass is 10.1. The molecule has 0 atom stereocenters. The first-order chi connectivity index (χ1) is 11.3. The van der Waals surface area contributed by atoms with Crippen LogP contribution >= 0.6 is 0 Å². The van der Waals surface area contributed by atoms with Crippen molar-refractivity contribution in [2.24, 2.45) is 0 Å². The van der Waals surface area contributed by atoms with Gasteiger partial charge in [-0.05, 0) is 6.07 Å². The van der Waals surface area contributed by atoms with Crippen LogP contribution in [0.5, 0.6) is 0 Å². The van der Waals surface area contributed by atoms with Crippen LogP contribution in [0.2, 0.25) is 0 Å². The summed E-state index contributed by atoms with van der Waals surface area (Å²) in [5, 5.41) is 4.39. The molecule has 3 heterocycles. The molecule has 4 rings (SSSR count). The van der Waals surface area contributed by atoms with Gasteiger partial charge in [0.05, 0.1) is 25.1 Å². The number of hydrogen-bond acceptors (Lipinski definition) is 4. The average Bonchev–Trinajstić information content (AvgIpc) is 3.06. The largest absolute Gasteiger partial charge is 0.378 e. The molecule has 1 amide bonds. The lowest BCUT2D eigenvalue weighted by molar-refractivity contribution is 0.0304. The van der Waals surface area contributed by atoms with E-state index in [2.05, 4.69) is 10.1 Å². The Morgan fingerprint density at radius 3 is 2.65 bits per heavy atom. The Morgan fingerprint density at radius 2 is 1.87 bits per heavy atom. The lowest BCUT2D eigenvalue weighted by Gasteiger charge is -2.26. The zero-order chi connectivity index (χ0) is 15.6. The Labute approximate surface area is 133 Å². The van der Waals surface area contributed by atoms with Gasteiger partial charge in [-0.15, -0.1) is 0 Å². The molecule has 1 fully saturated rings. The highest BCUT2D eigenvalue weighted by Gasteiger charge is 2.23. The minimum Gasteiger partial charge on any atom is -0.378 e. The average molecular weight is 308 g/mol. The summed E-state index contributed by atoms with van der Waals surface area (Å²) in [7, 11) is 0. The molecule has 1 aliphatic rings. The smallest absolute Gasteiger partial charge is 0.259 e. The van der Waals surface area contributed by atoms with E-state index in [9.17, 15) is 4.79 Å². The lowest BCUT2D eigenvalue weighted by Crippen LogP contribution is -2.40. The Kier molecular flexibility index (Phi) is 3.51. The van der Waals surface area contributed by atoms with Crippen molar-refractivity contribution < 1.29 is 9.53 Å². The van der Waals surface area contributed by atoms with Crippen molar-refractivity contribution in [1.82, 2.24) is 19.5 Å². The van der Waals surface area contributed by atoms with Crippen LogP contribution in [0, 0.1) is 0 Å². The first kappa shape index (κ1) is 13.9. The van der Waals surface area contributed by atoms with Gasteiger partial charge in [-0.25, -0.2) is 9.50 Å². The van der Waals surface area contributed by atoms with E-state index in [1.165, 1.54) is 0 Å². The minimum absolute atomic E-state index is 0.0407. The molecule has 0 N–H and O–H groups in total. The summed E-state index contributed by atoms with van der Waals surface area (Å²) in [5.74, 6) is -0.0407. The molecule has 3 aromatic rings. The number of aromatic nitrogens is 3. The van der Waals surface area contributed by atoms with E-state index in [-0.39, 0.29) is 5.91 Å². The van der Waals surface area contributed by atoms with E-state index in [4.69, 9.17) is 4.74 Å². The fraction of sp³-hybridized carbons (Fsp3) is 0.235. The molecular formula is C17H16N4O2. The van der Waals surface area contributed by atoms with Gasteiger partial charge in [0.2, 0.25) is 0 Å². The second-order valence-corrected chi connectivity index (χ2v) is 5.39. The zero-order valence-corrected chi connectivity index (χ0v) is 12.6. The van der Waals surface area contributed by atoms with Gasteiger partial charge >= 0.3 is 0 Å². The third kappa shape index (κ3) is 2.47. The molecule has 116 valence electrons. The highest BCUT2D eigenvalue weighted by molar-refractivity contribution is 6.00. The standard InChI is InChI=1S/C17H16N4O2/c22-17(20-8-10-23-11-9-20)14-12-19-21-15(6-7-18-16(14)21)13-4-2-1-3-5-13/h1-7,12H,8-11H2. The first-order valence-corrected chi connectivity index (χ1v) is 7.60. The van der Waals surface area contributed by atoms with Crippen LogP contribution in [-0.4, -0.2) is 51.7 Å². The molecule has 2 aromatic heterocycles. The van der Waals surface area contributed by atoms with Crippen molar-refractivity contribution in [3.05, 3.63) is 54.4 Å². The topological polar surface area (TPSA) is 59.7 Å². The Bertz CT molecular complexity index is 838. The first-order valence-electron chi connectivity index (χ1n) is 7.60. The highest BCUT2D eigenvalue weighted by atomic mass is 16.5. The van der Waals surface area contributed by atoms with Crippen LogP contribution in [0.1, 0.15) is 10.4 Å². The maximum absolute atomic E-state index is 12.7. The number of fused-ring (bicyclic) bond motifs is 1. The number of carbonyl (C=O) groups is 1. The molecule has 0 saturated carbocycles. The molecule has 23 heavy (non-hydrogen) atoms. The van der Waals surface area contributed by atoms with Crippen LogP contribution < -0.4 is 0 Å². The summed E-state index contributed by atoms with van der Waals surface area (Å²) in [5.41, 5.74) is 3.07. The molecule has 0 spiro atoms. The summed E-state index contributed by atoms with van der Waals surface area (Å²) in [6, 6.07) is 11.9. The van der Waals surface area contributed by atoms with Crippen molar-refractivity contribution in [3.63, 3.8) is 0 Å². The van der Waals surface area contributed by atoms with Crippen molar-refractivity contribution in [3.8, 4) is 11.3 Å². The van der Waals surface area contributed by atoms with Crippen molar-refractivity contribution in [2.75, 3.05) is 26.3 Å². The fourth-order valence-corrected chi connectivity index (χ4v) is 2.81. The quantitative estimate of drug-likeness (QED) is 0.725. The molecular weight excluding hydrogens is 292 g/mol. The molecule has 1 saturated heterocycles. The predicted molar refractivity (Wildman–Crippen MR) is 85.1 cm³/mol. The molecule has 0 aliphatic carbocycles. The van der Waals surface area contributed by atoms with Gasteiger partial charge in [-0.1, -0.05) is 30.3 Å². The molecule has 0 radical (unpaired) electrons. The van der Waals surface area contributed by atoms with Gasteiger partial charge in [0.1, 0.15) is 5.56 Å². The summed E-state index contributed by atoms with van der Waals surface area (Å²) < 4.78 is 7.03. The molecule has 1 aliphatic heterocycles. The number of rotatable bonds is 2. The van der Waals surface area contributed by atoms with Gasteiger partial charge in [0, 0.05) is 24.8 Å². The molecule has 6 heteroatoms. The zero-order valence-electron chi connectivity index (χ0n) is 12.6. The third-order valence-corrected chi connectivity index (χ3v) is 4.00. The van der Waals surface area contributed by atoms with Crippen LogP contribution in [0.3, 0.4) is 0 Å². The predicted octanol–water partition coefficient (Wildman–Crippen LogP) is 1.87. The minimum atomic E-state index is -0.0407. The van der Waals surface area contributed by atoms with Gasteiger partial charge in [0.25, 0.3) is 5.91 Å². The van der Waals surface area contributed by atoms with Crippen molar-refractivity contribution >= 4 is 11.6 Å². The van der Waals surface area contributed by atoms with Crippen LogP contribution in [0.4, 0.5) is 0 Å². The SMILES string of the molecule is O=C(c1cnn2c(-c3ccccc3)ccnc12)N1CCOCC1. The molecule has 1 aromatic carbocycles. The highest BCUT2D eigenvalue weighted by Crippen LogP contribution is 2.21. The molecule has 0 bridgehead atoms. The van der Waals surface area contributed by atoms with Crippen LogP contribution in [0.15, 0.2) is 48.8 Å². The second kappa shape index (κ2) is 5.81. The second-order valence-electron chi connectivity index (χ2n) is 5.39. The van der Waals surface area contributed by atoms with Gasteiger partial charge in [-0.2, -0.15) is 5.10 Å². The fourth-order valence-electron chi connectivity index (χ4n) is 2.81. The Hall–Kier alpha value is -2.73. The third-order valence-electron chi connectivity index (χ3n) is 4.00. The van der Waals surface area contributed by atoms with Gasteiger partial charge < -0.3 is 9.64 Å². The van der Waals surface area contributed by atoms with Gasteiger partial charge in [0.15, 0.2) is 5.65 Å². The number of amides is 1. The number of nitrogens with zero attached hydrogens (tertiary/aromatic N) is 4. The van der Waals surface area contributed by atoms with E-state index in [0.29, 0.717) is 37.5 Å². The number of hydrogen-bond donors (Lipinski definition) is 0. The summed E-state index contributed by atoms with van der Waals surface area (Å²) in [4.78, 5) is 18.9. The van der Waals surface area contributed by atoms with E-state index in [1.54, 1.807) is 21.8 Å². The molecule has 6 nitrogen and oxygen atoms in total. The Balaban J connectivity index is 1.77. The van der Waals surface area contributed by atoms with Gasteiger partial charge in [-0.3, -0.25) is 4.79 Å². The number of benzene rings is 1. The maximum Gasteiger partial charge on any atom is 0.259 e. The summed E-state index contributed by atoms with van der Waals surface area (Å²) >= 11 is 0. The summed E-state index contributed by atoms with van der Waals surface area (Å²) in [6.07, 6.45) is 3.32. The van der Waals surface area contributed by atoms with E-state index in [1.807, 2.05) is 36.4 Å². The maximum atomic E-state index is 12.7. The number of ether oxygens (including phenoxy) is 1. The van der Waals surface area contributed by atoms with Crippen molar-refractivity contribution in [1.29, 1.82) is 0 Å². The number of morpholine rings is 1. The van der Waals surface area contributed by atoms with E-state index in [0.717, 1.165) is 11.3 Å². The Morgan fingerprint density at radius 1 is 1.09 bits per heavy atom. The van der Waals surface area contributed by atoms with Crippen molar-refractivity contribution in [2.45, 2.75) is 0 Å². The monoisotopic (exact) mass is 308 g/mol. The normalized spacial score (nSPS) is 15.0. The van der Waals surface area contributed by atoms with E-state index < -0.39 is 0 Å². The summed E-state index contributed by atoms with van der Waals surface area (Å²) in [6.45, 7) is 2.37. The number of carbonyl (C=O) groups excluding carboxylic acids is 1. The molecule has 0 unspecified atom stereocenters. The van der Waals surface area contributed by atoms with Crippen LogP contribution in [0.25, 0.3) is 16.9 Å².